The molecule has 7 nitrogen and oxygen atoms in total. The minimum atomic E-state index is -3.34. The smallest absolute Gasteiger partial charge is 0.209 e. The van der Waals surface area contributed by atoms with E-state index in [1.807, 2.05) is 0 Å². The van der Waals surface area contributed by atoms with E-state index in [1.54, 1.807) is 7.11 Å². The Morgan fingerprint density at radius 1 is 0.789 bits per heavy atom. The second-order valence-corrected chi connectivity index (χ2v) is 5.64. The zero-order valence-electron chi connectivity index (χ0n) is 11.5. The van der Waals surface area contributed by atoms with Crippen LogP contribution in [0.3, 0.4) is 0 Å². The van der Waals surface area contributed by atoms with Gasteiger partial charge in [0.25, 0.3) is 0 Å². The van der Waals surface area contributed by atoms with E-state index in [9.17, 15) is 8.42 Å². The van der Waals surface area contributed by atoms with E-state index in [1.165, 1.54) is 0 Å². The van der Waals surface area contributed by atoms with Crippen molar-refractivity contribution in [3.05, 3.63) is 0 Å². The molecule has 0 radical (unpaired) electrons. The molecular formula is C11H25NO6S. The summed E-state index contributed by atoms with van der Waals surface area (Å²) in [4.78, 5) is 0. The third-order valence-electron chi connectivity index (χ3n) is 2.14. The van der Waals surface area contributed by atoms with Gasteiger partial charge in [0.1, 0.15) is 0 Å². The topological polar surface area (TPSA) is 97.1 Å². The first kappa shape index (κ1) is 18.8. The fraction of sp³-hybridized carbons (Fsp3) is 1.00. The fourth-order valence-corrected chi connectivity index (χ4v) is 1.80. The van der Waals surface area contributed by atoms with Crippen molar-refractivity contribution < 1.29 is 27.4 Å². The minimum Gasteiger partial charge on any atom is -0.382 e. The third kappa shape index (κ3) is 17.8. The van der Waals surface area contributed by atoms with Gasteiger partial charge in [-0.05, 0) is 12.8 Å². The van der Waals surface area contributed by atoms with Gasteiger partial charge in [0.2, 0.25) is 10.0 Å². The quantitative estimate of drug-likeness (QED) is 0.444. The molecule has 0 aliphatic rings. The second-order valence-electron chi connectivity index (χ2n) is 3.90. The molecule has 0 saturated carbocycles. The van der Waals surface area contributed by atoms with Crippen LogP contribution in [0, 0.1) is 0 Å². The van der Waals surface area contributed by atoms with Crippen molar-refractivity contribution >= 4 is 10.0 Å². The lowest BCUT2D eigenvalue weighted by molar-refractivity contribution is 0.00338. The number of ether oxygens (including phenoxy) is 4. The summed E-state index contributed by atoms with van der Waals surface area (Å²) in [6.07, 6.45) is 1.20. The molecule has 0 spiro atoms. The van der Waals surface area contributed by atoms with Crippen molar-refractivity contribution in [2.45, 2.75) is 12.8 Å². The molecule has 0 amide bonds. The molecule has 0 aromatic rings. The van der Waals surface area contributed by atoms with Gasteiger partial charge in [-0.3, -0.25) is 0 Å². The molecule has 0 bridgehead atoms. The maximum Gasteiger partial charge on any atom is 0.209 e. The van der Waals surface area contributed by atoms with Crippen LogP contribution in [-0.4, -0.2) is 67.5 Å². The van der Waals surface area contributed by atoms with Crippen molar-refractivity contribution in [3.63, 3.8) is 0 Å². The Bertz CT molecular complexity index is 283. The van der Waals surface area contributed by atoms with Crippen LogP contribution >= 0.6 is 0 Å². The van der Waals surface area contributed by atoms with Gasteiger partial charge in [0.15, 0.2) is 0 Å². The van der Waals surface area contributed by atoms with Crippen LogP contribution < -0.4 is 5.14 Å². The number of unbranched alkanes of at least 4 members (excludes halogenated alkanes) is 1. The fourth-order valence-electron chi connectivity index (χ4n) is 1.19. The predicted octanol–water partition coefficient (Wildman–Crippen LogP) is -0.249. The maximum atomic E-state index is 10.6. The van der Waals surface area contributed by atoms with Gasteiger partial charge in [-0.1, -0.05) is 0 Å². The Hall–Kier alpha value is -0.250. The highest BCUT2D eigenvalue weighted by Crippen LogP contribution is 1.93. The molecule has 8 heteroatoms. The number of sulfonamides is 1. The van der Waals surface area contributed by atoms with Crippen LogP contribution in [0.4, 0.5) is 0 Å². The molecule has 0 fully saturated rings. The van der Waals surface area contributed by atoms with Gasteiger partial charge >= 0.3 is 0 Å². The second kappa shape index (κ2) is 12.8. The molecule has 19 heavy (non-hydrogen) atoms. The van der Waals surface area contributed by atoms with Crippen LogP contribution in [0.15, 0.2) is 0 Å². The number of rotatable bonds is 14. The van der Waals surface area contributed by atoms with Gasteiger partial charge in [-0.2, -0.15) is 0 Å². The number of nitrogens with two attached hydrogens (primary N) is 1. The molecule has 0 aromatic heterocycles. The number of methoxy groups -OCH3 is 1. The Kier molecular flexibility index (Phi) is 12.6. The van der Waals surface area contributed by atoms with Crippen molar-refractivity contribution in [1.29, 1.82) is 0 Å². The highest BCUT2D eigenvalue weighted by atomic mass is 32.2. The molecule has 0 saturated heterocycles. The third-order valence-corrected chi connectivity index (χ3v) is 3.00. The maximum absolute atomic E-state index is 10.6. The first-order valence-corrected chi connectivity index (χ1v) is 8.00. The van der Waals surface area contributed by atoms with Gasteiger partial charge in [-0.15, -0.1) is 0 Å². The highest BCUT2D eigenvalue weighted by molar-refractivity contribution is 7.89. The summed E-state index contributed by atoms with van der Waals surface area (Å²) in [5.41, 5.74) is 0. The molecular weight excluding hydrogens is 274 g/mol. The molecule has 0 unspecified atom stereocenters. The molecule has 0 aliphatic heterocycles. The standard InChI is InChI=1S/C11H25NO6S/c1-15-5-6-17-9-10-18-8-7-16-4-2-3-11-19(12,13)14/h2-11H2,1H3,(H2,12,13,14). The van der Waals surface area contributed by atoms with Gasteiger partial charge in [0.05, 0.1) is 45.4 Å². The largest absolute Gasteiger partial charge is 0.382 e. The minimum absolute atomic E-state index is 0.00563. The Morgan fingerprint density at radius 3 is 1.74 bits per heavy atom. The van der Waals surface area contributed by atoms with Gasteiger partial charge in [-0.25, -0.2) is 13.6 Å². The van der Waals surface area contributed by atoms with Gasteiger partial charge in [0, 0.05) is 13.7 Å². The molecule has 0 heterocycles. The molecule has 0 aliphatic carbocycles. The molecule has 0 aromatic carbocycles. The van der Waals surface area contributed by atoms with E-state index in [4.69, 9.17) is 24.1 Å². The van der Waals surface area contributed by atoms with Crippen LogP contribution in [-0.2, 0) is 29.0 Å². The van der Waals surface area contributed by atoms with Crippen molar-refractivity contribution in [2.24, 2.45) is 5.14 Å². The van der Waals surface area contributed by atoms with Crippen molar-refractivity contribution in [3.8, 4) is 0 Å². The van der Waals surface area contributed by atoms with Gasteiger partial charge < -0.3 is 18.9 Å². The lowest BCUT2D eigenvalue weighted by atomic mass is 10.4. The summed E-state index contributed by atoms with van der Waals surface area (Å²) in [5.74, 6) is 0.00563. The summed E-state index contributed by atoms with van der Waals surface area (Å²) in [7, 11) is -1.72. The zero-order chi connectivity index (χ0) is 14.4. The normalized spacial score (nSPS) is 11.9. The van der Waals surface area contributed by atoms with Crippen LogP contribution in [0.25, 0.3) is 0 Å². The van der Waals surface area contributed by atoms with E-state index in [-0.39, 0.29) is 5.75 Å². The van der Waals surface area contributed by atoms with E-state index in [0.29, 0.717) is 59.1 Å². The zero-order valence-corrected chi connectivity index (χ0v) is 12.3. The molecule has 0 rings (SSSR count). The molecule has 0 atom stereocenters. The summed E-state index contributed by atoms with van der Waals surface area (Å²) in [5, 5.41) is 4.87. The Morgan fingerprint density at radius 2 is 1.26 bits per heavy atom. The lowest BCUT2D eigenvalue weighted by Crippen LogP contribution is -2.17. The Balaban J connectivity index is 3.03. The number of primary sulfonamides is 1. The van der Waals surface area contributed by atoms with E-state index < -0.39 is 10.0 Å². The monoisotopic (exact) mass is 299 g/mol. The summed E-state index contributed by atoms with van der Waals surface area (Å²) in [6, 6.07) is 0. The van der Waals surface area contributed by atoms with Crippen molar-refractivity contribution in [1.82, 2.24) is 0 Å². The summed E-state index contributed by atoms with van der Waals surface area (Å²) < 4.78 is 41.8. The lowest BCUT2D eigenvalue weighted by Gasteiger charge is -2.06. The molecule has 2 N–H and O–H groups in total. The van der Waals surface area contributed by atoms with Crippen molar-refractivity contribution in [2.75, 3.05) is 59.1 Å². The first-order valence-electron chi connectivity index (χ1n) is 6.29. The van der Waals surface area contributed by atoms with Crippen LogP contribution in [0.1, 0.15) is 12.8 Å². The van der Waals surface area contributed by atoms with E-state index >= 15 is 0 Å². The first-order chi connectivity index (χ1) is 9.06. The summed E-state index contributed by atoms with van der Waals surface area (Å²) >= 11 is 0. The predicted molar refractivity (Wildman–Crippen MR) is 71.5 cm³/mol. The number of hydrogen-bond donors (Lipinski definition) is 1. The highest BCUT2D eigenvalue weighted by Gasteiger charge is 2.01. The average Bonchev–Trinajstić information content (AvgIpc) is 2.34. The van der Waals surface area contributed by atoms with E-state index in [0.717, 1.165) is 0 Å². The average molecular weight is 299 g/mol. The van der Waals surface area contributed by atoms with Crippen LogP contribution in [0.5, 0.6) is 0 Å². The van der Waals surface area contributed by atoms with E-state index in [2.05, 4.69) is 0 Å². The molecule has 116 valence electrons. The number of hydrogen-bond acceptors (Lipinski definition) is 6. The van der Waals surface area contributed by atoms with Crippen LogP contribution in [0.2, 0.25) is 0 Å². The SMILES string of the molecule is COCCOCCOCCOCCCCS(N)(=O)=O. The summed E-state index contributed by atoms with van der Waals surface area (Å²) in [6.45, 7) is 3.73. The Labute approximate surface area is 115 Å².